The highest BCUT2D eigenvalue weighted by molar-refractivity contribution is 5.99. The van der Waals surface area contributed by atoms with Gasteiger partial charge in [0.2, 0.25) is 0 Å². The minimum Gasteiger partial charge on any atom is -0.449 e. The molecule has 6 nitrogen and oxygen atoms in total. The number of allylic oxidation sites excluding steroid dienone is 2. The molecule has 1 aromatic heterocycles. The summed E-state index contributed by atoms with van der Waals surface area (Å²) in [4.78, 5) is 30.2. The molecular formula is C20H20N2O4. The van der Waals surface area contributed by atoms with Crippen LogP contribution in [0.5, 0.6) is 0 Å². The Hall–Kier alpha value is -3.38. The van der Waals surface area contributed by atoms with Crippen LogP contribution < -0.4 is 0 Å². The fourth-order valence-corrected chi connectivity index (χ4v) is 2.91. The number of nitrogens with zero attached hydrogens (tertiary/aromatic N) is 1. The van der Waals surface area contributed by atoms with E-state index in [0.717, 1.165) is 0 Å². The van der Waals surface area contributed by atoms with Crippen LogP contribution in [0.25, 0.3) is 0 Å². The molecule has 0 saturated carbocycles. The quantitative estimate of drug-likeness (QED) is 0.648. The predicted octanol–water partition coefficient (Wildman–Crippen LogP) is 1.94. The lowest BCUT2D eigenvalue weighted by Gasteiger charge is -2.35. The molecule has 2 rings (SSSR count). The molecule has 134 valence electrons. The second-order valence-corrected chi connectivity index (χ2v) is 5.68. The fourth-order valence-electron chi connectivity index (χ4n) is 2.91. The van der Waals surface area contributed by atoms with E-state index >= 15 is 0 Å². The standard InChI is InChI=1S/C20H20N2O4/c1-6-11-25-19(23)16-13(3)22(5)14(4)17(20(24)26-12-7-2)18(16)15-9-8-10-21-15/h1-2,8-10,18,21H,11-12H2,3-5H3. The minimum absolute atomic E-state index is 0.156. The van der Waals surface area contributed by atoms with Gasteiger partial charge >= 0.3 is 11.9 Å². The molecule has 6 heteroatoms. The van der Waals surface area contributed by atoms with Crippen LogP contribution in [0.4, 0.5) is 0 Å². The van der Waals surface area contributed by atoms with Crippen LogP contribution in [0, 0.1) is 24.7 Å². The van der Waals surface area contributed by atoms with Gasteiger partial charge in [-0.25, -0.2) is 9.59 Å². The zero-order valence-corrected chi connectivity index (χ0v) is 15.0. The van der Waals surface area contributed by atoms with E-state index in [-0.39, 0.29) is 13.2 Å². The Morgan fingerprint density at radius 1 is 1.12 bits per heavy atom. The smallest absolute Gasteiger partial charge is 0.337 e. The Kier molecular flexibility index (Phi) is 5.93. The summed E-state index contributed by atoms with van der Waals surface area (Å²) in [6, 6.07) is 3.58. The molecule has 0 fully saturated rings. The number of ether oxygens (including phenoxy) is 2. The highest BCUT2D eigenvalue weighted by Gasteiger charge is 2.40. The lowest BCUT2D eigenvalue weighted by atomic mass is 9.82. The number of H-pyrrole nitrogens is 1. The number of hydrogen-bond donors (Lipinski definition) is 1. The first-order chi connectivity index (χ1) is 12.4. The highest BCUT2D eigenvalue weighted by Crippen LogP contribution is 2.41. The number of rotatable bonds is 5. The van der Waals surface area contributed by atoms with Gasteiger partial charge in [-0.1, -0.05) is 11.8 Å². The largest absolute Gasteiger partial charge is 0.449 e. The highest BCUT2D eigenvalue weighted by atomic mass is 16.5. The first kappa shape index (κ1) is 19.0. The van der Waals surface area contributed by atoms with Gasteiger partial charge in [0, 0.05) is 30.3 Å². The summed E-state index contributed by atoms with van der Waals surface area (Å²) in [6.45, 7) is 3.26. The summed E-state index contributed by atoms with van der Waals surface area (Å²) in [5, 5.41) is 0. The predicted molar refractivity (Wildman–Crippen MR) is 96.3 cm³/mol. The van der Waals surface area contributed by atoms with Gasteiger partial charge in [-0.15, -0.1) is 12.8 Å². The van der Waals surface area contributed by atoms with Gasteiger partial charge in [-0.05, 0) is 26.0 Å². The average molecular weight is 352 g/mol. The number of esters is 2. The van der Waals surface area contributed by atoms with E-state index in [0.29, 0.717) is 28.2 Å². The molecule has 0 atom stereocenters. The summed E-state index contributed by atoms with van der Waals surface area (Å²) in [7, 11) is 1.76. The van der Waals surface area contributed by atoms with E-state index in [4.69, 9.17) is 22.3 Å². The van der Waals surface area contributed by atoms with Crippen molar-refractivity contribution < 1.29 is 19.1 Å². The Morgan fingerprint density at radius 2 is 1.62 bits per heavy atom. The molecule has 0 bridgehead atoms. The zero-order valence-electron chi connectivity index (χ0n) is 15.0. The SMILES string of the molecule is C#CCOC(=O)C1=C(C)N(C)C(C)=C(C(=O)OCC#C)C1c1ccc[nH]1. The molecule has 0 saturated heterocycles. The molecule has 0 aromatic carbocycles. The molecule has 1 N–H and O–H groups in total. The van der Waals surface area contributed by atoms with Crippen molar-refractivity contribution in [2.24, 2.45) is 0 Å². The van der Waals surface area contributed by atoms with Crippen molar-refractivity contribution in [3.05, 3.63) is 46.6 Å². The van der Waals surface area contributed by atoms with Crippen molar-refractivity contribution >= 4 is 11.9 Å². The second kappa shape index (κ2) is 8.13. The molecule has 0 spiro atoms. The Labute approximate surface area is 152 Å². The summed E-state index contributed by atoms with van der Waals surface area (Å²) in [5.41, 5.74) is 2.64. The van der Waals surface area contributed by atoms with Crippen LogP contribution in [-0.2, 0) is 19.1 Å². The van der Waals surface area contributed by atoms with E-state index in [9.17, 15) is 9.59 Å². The van der Waals surface area contributed by atoms with E-state index < -0.39 is 17.9 Å². The molecule has 0 radical (unpaired) electrons. The zero-order chi connectivity index (χ0) is 19.3. The molecular weight excluding hydrogens is 332 g/mol. The number of terminal acetylenes is 2. The molecule has 26 heavy (non-hydrogen) atoms. The number of aromatic amines is 1. The van der Waals surface area contributed by atoms with E-state index in [1.807, 2.05) is 0 Å². The van der Waals surface area contributed by atoms with Gasteiger partial charge in [0.25, 0.3) is 0 Å². The van der Waals surface area contributed by atoms with Crippen molar-refractivity contribution in [3.63, 3.8) is 0 Å². The first-order valence-corrected chi connectivity index (χ1v) is 7.93. The van der Waals surface area contributed by atoms with Gasteiger partial charge in [0.05, 0.1) is 17.1 Å². The van der Waals surface area contributed by atoms with E-state index in [1.165, 1.54) is 0 Å². The van der Waals surface area contributed by atoms with Crippen molar-refractivity contribution in [1.82, 2.24) is 9.88 Å². The lowest BCUT2D eigenvalue weighted by molar-refractivity contribution is -0.138. The van der Waals surface area contributed by atoms with Gasteiger partial charge in [-0.3, -0.25) is 0 Å². The van der Waals surface area contributed by atoms with Crippen LogP contribution in [0.1, 0.15) is 25.5 Å². The number of aromatic nitrogens is 1. The van der Waals surface area contributed by atoms with E-state index in [2.05, 4.69) is 16.8 Å². The first-order valence-electron chi connectivity index (χ1n) is 7.93. The molecule has 1 aromatic rings. The topological polar surface area (TPSA) is 71.6 Å². The second-order valence-electron chi connectivity index (χ2n) is 5.68. The van der Waals surface area contributed by atoms with Gasteiger partial charge in [-0.2, -0.15) is 0 Å². The van der Waals surface area contributed by atoms with Crippen molar-refractivity contribution in [2.75, 3.05) is 20.3 Å². The summed E-state index contributed by atoms with van der Waals surface area (Å²) in [5.74, 6) is 2.71. The third-order valence-corrected chi connectivity index (χ3v) is 4.31. The maximum atomic E-state index is 12.7. The molecule has 0 amide bonds. The Morgan fingerprint density at radius 3 is 2.00 bits per heavy atom. The molecule has 2 heterocycles. The minimum atomic E-state index is -0.670. The molecule has 1 aliphatic heterocycles. The van der Waals surface area contributed by atoms with Crippen LogP contribution in [-0.4, -0.2) is 42.1 Å². The van der Waals surface area contributed by atoms with Crippen LogP contribution in [0.3, 0.4) is 0 Å². The van der Waals surface area contributed by atoms with Crippen LogP contribution in [0.15, 0.2) is 40.9 Å². The van der Waals surface area contributed by atoms with Crippen molar-refractivity contribution in [3.8, 4) is 24.7 Å². The maximum Gasteiger partial charge on any atom is 0.337 e. The number of hydrogen-bond acceptors (Lipinski definition) is 5. The lowest BCUT2D eigenvalue weighted by Crippen LogP contribution is -2.33. The Bertz CT molecular complexity index is 793. The van der Waals surface area contributed by atoms with Gasteiger partial charge < -0.3 is 19.4 Å². The molecule has 1 aliphatic rings. The van der Waals surface area contributed by atoms with Gasteiger partial charge in [0.1, 0.15) is 0 Å². The average Bonchev–Trinajstić information content (AvgIpc) is 3.16. The van der Waals surface area contributed by atoms with Crippen LogP contribution >= 0.6 is 0 Å². The van der Waals surface area contributed by atoms with Gasteiger partial charge in [0.15, 0.2) is 13.2 Å². The summed E-state index contributed by atoms with van der Waals surface area (Å²) < 4.78 is 10.3. The monoisotopic (exact) mass is 352 g/mol. The van der Waals surface area contributed by atoms with Crippen molar-refractivity contribution in [2.45, 2.75) is 19.8 Å². The summed E-state index contributed by atoms with van der Waals surface area (Å²) in [6.07, 6.45) is 12.1. The van der Waals surface area contributed by atoms with E-state index in [1.54, 1.807) is 44.1 Å². The number of carbonyl (C=O) groups is 2. The van der Waals surface area contributed by atoms with Crippen LogP contribution in [0.2, 0.25) is 0 Å². The number of nitrogens with one attached hydrogen (secondary N) is 1. The summed E-state index contributed by atoms with van der Waals surface area (Å²) >= 11 is 0. The third kappa shape index (κ3) is 3.50. The maximum absolute atomic E-state index is 12.7. The fraction of sp³-hybridized carbons (Fsp3) is 0.300. The normalized spacial score (nSPS) is 14.7. The molecule has 0 aliphatic carbocycles. The Balaban J connectivity index is 2.59. The third-order valence-electron chi connectivity index (χ3n) is 4.31. The number of carbonyl (C=O) groups excluding carboxylic acids is 2. The van der Waals surface area contributed by atoms with Crippen molar-refractivity contribution in [1.29, 1.82) is 0 Å². The molecule has 0 unspecified atom stereocenters.